The Bertz CT molecular complexity index is 595. The van der Waals surface area contributed by atoms with Crippen LogP contribution in [0.15, 0.2) is 12.1 Å². The summed E-state index contributed by atoms with van der Waals surface area (Å²) in [6.07, 6.45) is 0.745. The fraction of sp³-hybridized carbons (Fsp3) is 0.308. The smallest absolute Gasteiger partial charge is 0.152 e. The van der Waals surface area contributed by atoms with Gasteiger partial charge < -0.3 is 4.98 Å². The van der Waals surface area contributed by atoms with Crippen LogP contribution < -0.4 is 0 Å². The van der Waals surface area contributed by atoms with Gasteiger partial charge in [-0.3, -0.25) is 4.79 Å². The van der Waals surface area contributed by atoms with E-state index in [1.165, 1.54) is 6.07 Å². The summed E-state index contributed by atoms with van der Waals surface area (Å²) in [5.74, 6) is -0.439. The summed E-state index contributed by atoms with van der Waals surface area (Å²) >= 11 is 5.81. The Kier molecular flexibility index (Phi) is 2.74. The number of aromatic nitrogens is 1. The number of carbonyl (C=O) groups is 1. The van der Waals surface area contributed by atoms with E-state index in [-0.39, 0.29) is 10.4 Å². The summed E-state index contributed by atoms with van der Waals surface area (Å²) in [6, 6.07) is 2.84. The van der Waals surface area contributed by atoms with Crippen molar-refractivity contribution in [2.24, 2.45) is 0 Å². The van der Waals surface area contributed by atoms with Crippen molar-refractivity contribution in [1.82, 2.24) is 4.98 Å². The number of hydrogen-bond donors (Lipinski definition) is 1. The van der Waals surface area contributed by atoms with Gasteiger partial charge in [0, 0.05) is 27.1 Å². The van der Waals surface area contributed by atoms with E-state index in [0.29, 0.717) is 16.5 Å². The first-order valence-corrected chi connectivity index (χ1v) is 5.69. The van der Waals surface area contributed by atoms with Crippen LogP contribution >= 0.6 is 11.6 Å². The average molecular weight is 254 g/mol. The molecule has 90 valence electrons. The Labute approximate surface area is 104 Å². The van der Waals surface area contributed by atoms with Crippen LogP contribution in [0.3, 0.4) is 0 Å². The third-order valence-corrected chi connectivity index (χ3v) is 2.95. The lowest BCUT2D eigenvalue weighted by Crippen LogP contribution is -2.13. The molecule has 2 nitrogen and oxygen atoms in total. The summed E-state index contributed by atoms with van der Waals surface area (Å²) in [6.45, 7) is 5.89. The number of nitrogens with one attached hydrogen (secondary N) is 1. The molecule has 0 saturated carbocycles. The van der Waals surface area contributed by atoms with Gasteiger partial charge in [-0.15, -0.1) is 0 Å². The minimum absolute atomic E-state index is 0.256. The molecule has 0 radical (unpaired) electrons. The van der Waals surface area contributed by atoms with E-state index < -0.39 is 5.82 Å². The molecule has 0 amide bonds. The number of H-pyrrole nitrogens is 1. The topological polar surface area (TPSA) is 32.9 Å². The SMILES string of the molecule is CC(C)(C)c1[nH]c2c(F)cc(Cl)cc2c1C=O. The van der Waals surface area contributed by atoms with Crippen LogP contribution in [-0.2, 0) is 5.41 Å². The zero-order valence-corrected chi connectivity index (χ0v) is 10.7. The van der Waals surface area contributed by atoms with Crippen LogP contribution in [0.25, 0.3) is 10.9 Å². The van der Waals surface area contributed by atoms with Crippen LogP contribution in [0.1, 0.15) is 36.8 Å². The Hall–Kier alpha value is -1.35. The van der Waals surface area contributed by atoms with Crippen molar-refractivity contribution < 1.29 is 9.18 Å². The Morgan fingerprint density at radius 2 is 2.00 bits per heavy atom. The van der Waals surface area contributed by atoms with E-state index >= 15 is 0 Å². The molecule has 1 heterocycles. The minimum Gasteiger partial charge on any atom is -0.355 e. The highest BCUT2D eigenvalue weighted by Gasteiger charge is 2.23. The Morgan fingerprint density at radius 3 is 2.53 bits per heavy atom. The van der Waals surface area contributed by atoms with Gasteiger partial charge in [-0.1, -0.05) is 32.4 Å². The van der Waals surface area contributed by atoms with E-state index in [4.69, 9.17) is 11.6 Å². The normalized spacial score (nSPS) is 12.1. The zero-order valence-electron chi connectivity index (χ0n) is 9.90. The molecule has 0 bridgehead atoms. The third-order valence-electron chi connectivity index (χ3n) is 2.73. The largest absolute Gasteiger partial charge is 0.355 e. The molecule has 2 aromatic rings. The van der Waals surface area contributed by atoms with Gasteiger partial charge in [0.15, 0.2) is 6.29 Å². The Balaban J connectivity index is 2.90. The number of carbonyl (C=O) groups excluding carboxylic acids is 1. The van der Waals surface area contributed by atoms with Gasteiger partial charge >= 0.3 is 0 Å². The van der Waals surface area contributed by atoms with Crippen molar-refractivity contribution in [2.45, 2.75) is 26.2 Å². The molecule has 0 aliphatic carbocycles. The third kappa shape index (κ3) is 1.95. The van der Waals surface area contributed by atoms with Crippen LogP contribution in [-0.4, -0.2) is 11.3 Å². The van der Waals surface area contributed by atoms with Crippen molar-refractivity contribution in [2.75, 3.05) is 0 Å². The molecule has 2 rings (SSSR count). The predicted octanol–water partition coefficient (Wildman–Crippen LogP) is 4.07. The van der Waals surface area contributed by atoms with E-state index in [2.05, 4.69) is 4.98 Å². The number of fused-ring (bicyclic) bond motifs is 1. The highest BCUT2D eigenvalue weighted by molar-refractivity contribution is 6.31. The van der Waals surface area contributed by atoms with Crippen molar-refractivity contribution in [3.8, 4) is 0 Å². The second-order valence-corrected chi connectivity index (χ2v) is 5.53. The lowest BCUT2D eigenvalue weighted by molar-refractivity contribution is 0.112. The van der Waals surface area contributed by atoms with Crippen LogP contribution in [0.2, 0.25) is 5.02 Å². The number of aldehydes is 1. The number of benzene rings is 1. The summed E-state index contributed by atoms with van der Waals surface area (Å²) in [4.78, 5) is 14.2. The van der Waals surface area contributed by atoms with Crippen molar-refractivity contribution in [1.29, 1.82) is 0 Å². The minimum atomic E-state index is -0.439. The fourth-order valence-corrected chi connectivity index (χ4v) is 2.16. The van der Waals surface area contributed by atoms with Crippen molar-refractivity contribution >= 4 is 28.8 Å². The highest BCUT2D eigenvalue weighted by Crippen LogP contribution is 2.32. The van der Waals surface area contributed by atoms with Gasteiger partial charge in [0.05, 0.1) is 5.52 Å². The zero-order chi connectivity index (χ0) is 12.8. The second-order valence-electron chi connectivity index (χ2n) is 5.09. The first-order valence-electron chi connectivity index (χ1n) is 5.31. The molecule has 0 atom stereocenters. The maximum Gasteiger partial charge on any atom is 0.152 e. The summed E-state index contributed by atoms with van der Waals surface area (Å²) in [5, 5.41) is 0.826. The number of rotatable bonds is 1. The molecular formula is C13H13ClFNO. The molecule has 1 aromatic carbocycles. The summed E-state index contributed by atoms with van der Waals surface area (Å²) in [7, 11) is 0. The molecule has 1 aromatic heterocycles. The molecule has 0 unspecified atom stereocenters. The average Bonchev–Trinajstić information content (AvgIpc) is 2.55. The van der Waals surface area contributed by atoms with E-state index in [1.807, 2.05) is 20.8 Å². The molecule has 0 aliphatic heterocycles. The summed E-state index contributed by atoms with van der Waals surface area (Å²) in [5.41, 5.74) is 1.28. The van der Waals surface area contributed by atoms with Crippen LogP contribution in [0, 0.1) is 5.82 Å². The first kappa shape index (κ1) is 12.1. The predicted molar refractivity (Wildman–Crippen MR) is 67.4 cm³/mol. The standard InChI is InChI=1S/C13H13ClFNO/c1-13(2,3)12-9(6-17)8-4-7(14)5-10(15)11(8)16-12/h4-6,16H,1-3H3. The fourth-order valence-electron chi connectivity index (χ4n) is 1.95. The highest BCUT2D eigenvalue weighted by atomic mass is 35.5. The number of aromatic amines is 1. The van der Waals surface area contributed by atoms with Gasteiger partial charge in [0.25, 0.3) is 0 Å². The van der Waals surface area contributed by atoms with E-state index in [9.17, 15) is 9.18 Å². The quantitative estimate of drug-likeness (QED) is 0.764. The van der Waals surface area contributed by atoms with Crippen molar-refractivity contribution in [3.05, 3.63) is 34.2 Å². The van der Waals surface area contributed by atoms with Gasteiger partial charge in [-0.25, -0.2) is 4.39 Å². The maximum atomic E-state index is 13.7. The molecule has 0 fully saturated rings. The van der Waals surface area contributed by atoms with Gasteiger partial charge in [-0.2, -0.15) is 0 Å². The van der Waals surface area contributed by atoms with Crippen LogP contribution in [0.4, 0.5) is 4.39 Å². The Morgan fingerprint density at radius 1 is 1.35 bits per heavy atom. The molecule has 0 saturated heterocycles. The maximum absolute atomic E-state index is 13.7. The van der Waals surface area contributed by atoms with E-state index in [1.54, 1.807) is 6.07 Å². The monoisotopic (exact) mass is 253 g/mol. The molecule has 17 heavy (non-hydrogen) atoms. The molecule has 1 N–H and O–H groups in total. The van der Waals surface area contributed by atoms with E-state index in [0.717, 1.165) is 12.0 Å². The van der Waals surface area contributed by atoms with Gasteiger partial charge in [0.2, 0.25) is 0 Å². The lowest BCUT2D eigenvalue weighted by Gasteiger charge is -2.17. The molecule has 0 spiro atoms. The lowest BCUT2D eigenvalue weighted by atomic mass is 9.89. The first-order chi connectivity index (χ1) is 7.84. The second kappa shape index (κ2) is 3.84. The number of halogens is 2. The van der Waals surface area contributed by atoms with Crippen LogP contribution in [0.5, 0.6) is 0 Å². The molecule has 4 heteroatoms. The summed E-state index contributed by atoms with van der Waals surface area (Å²) < 4.78 is 13.7. The van der Waals surface area contributed by atoms with Gasteiger partial charge in [0.1, 0.15) is 5.82 Å². The van der Waals surface area contributed by atoms with Crippen molar-refractivity contribution in [3.63, 3.8) is 0 Å². The molecule has 0 aliphatic rings. The van der Waals surface area contributed by atoms with Gasteiger partial charge in [-0.05, 0) is 12.1 Å². The molecular weight excluding hydrogens is 241 g/mol. The number of hydrogen-bond acceptors (Lipinski definition) is 1.